The third-order valence-electron chi connectivity index (χ3n) is 17.6. The largest absolute Gasteiger partial charge is 0.481 e. The first-order valence-corrected chi connectivity index (χ1v) is 20.7. The van der Waals surface area contributed by atoms with Crippen LogP contribution in [0.1, 0.15) is 152 Å². The number of allylic oxidation sites excluding steroid dienone is 1. The van der Waals surface area contributed by atoms with Gasteiger partial charge in [0.2, 0.25) is 5.91 Å². The average molecular weight is 709 g/mol. The Bertz CT molecular complexity index is 1400. The average Bonchev–Trinajstić information content (AvgIpc) is 3.64. The lowest BCUT2D eigenvalue weighted by Crippen LogP contribution is -2.67. The second-order valence-corrected chi connectivity index (χ2v) is 21.1. The van der Waals surface area contributed by atoms with Gasteiger partial charge in [0.1, 0.15) is 6.10 Å². The third-order valence-corrected chi connectivity index (χ3v) is 17.6. The molecular formula is C44H72N2O5. The molecule has 0 bridgehead atoms. The van der Waals surface area contributed by atoms with Crippen molar-refractivity contribution in [2.45, 2.75) is 170 Å². The van der Waals surface area contributed by atoms with Crippen LogP contribution < -0.4 is 5.32 Å². The molecule has 0 saturated heterocycles. The van der Waals surface area contributed by atoms with Crippen LogP contribution in [0.2, 0.25) is 0 Å². The van der Waals surface area contributed by atoms with Gasteiger partial charge >= 0.3 is 11.9 Å². The molecule has 6 saturated carbocycles. The van der Waals surface area contributed by atoms with E-state index in [9.17, 15) is 19.5 Å². The first-order valence-electron chi connectivity index (χ1n) is 20.7. The van der Waals surface area contributed by atoms with E-state index in [0.717, 1.165) is 51.4 Å². The zero-order chi connectivity index (χ0) is 37.5. The highest BCUT2D eigenvalue weighted by Crippen LogP contribution is 2.78. The van der Waals surface area contributed by atoms with E-state index in [-0.39, 0.29) is 51.5 Å². The maximum Gasteiger partial charge on any atom is 0.309 e. The monoisotopic (exact) mass is 709 g/mol. The van der Waals surface area contributed by atoms with Gasteiger partial charge in [0.25, 0.3) is 0 Å². The summed E-state index contributed by atoms with van der Waals surface area (Å²) in [4.78, 5) is 41.1. The third kappa shape index (κ3) is 6.23. The van der Waals surface area contributed by atoms with Gasteiger partial charge in [0, 0.05) is 23.9 Å². The fourth-order valence-corrected chi connectivity index (χ4v) is 14.6. The van der Waals surface area contributed by atoms with E-state index < -0.39 is 11.4 Å². The van der Waals surface area contributed by atoms with Gasteiger partial charge in [-0.25, -0.2) is 0 Å². The van der Waals surface area contributed by atoms with Crippen molar-refractivity contribution in [2.75, 3.05) is 14.1 Å². The molecule has 1 amide bonds. The highest BCUT2D eigenvalue weighted by Gasteiger charge is 2.71. The van der Waals surface area contributed by atoms with E-state index >= 15 is 0 Å². The van der Waals surface area contributed by atoms with Gasteiger partial charge in [-0.05, 0) is 170 Å². The van der Waals surface area contributed by atoms with Gasteiger partial charge in [-0.3, -0.25) is 14.4 Å². The summed E-state index contributed by atoms with van der Waals surface area (Å²) in [5, 5.41) is 13.1. The molecular weight excluding hydrogens is 636 g/mol. The lowest BCUT2D eigenvalue weighted by atomic mass is 9.32. The van der Waals surface area contributed by atoms with E-state index in [4.69, 9.17) is 4.74 Å². The molecule has 51 heavy (non-hydrogen) atoms. The van der Waals surface area contributed by atoms with Crippen molar-refractivity contribution in [1.82, 2.24) is 10.2 Å². The number of hydrogen-bond acceptors (Lipinski definition) is 5. The molecule has 7 nitrogen and oxygen atoms in total. The molecule has 0 radical (unpaired) electrons. The smallest absolute Gasteiger partial charge is 0.309 e. The molecule has 2 unspecified atom stereocenters. The summed E-state index contributed by atoms with van der Waals surface area (Å²) in [6.07, 6.45) is 15.0. The van der Waals surface area contributed by atoms with Crippen LogP contribution in [-0.4, -0.2) is 60.1 Å². The van der Waals surface area contributed by atoms with Crippen molar-refractivity contribution in [3.05, 3.63) is 12.2 Å². The summed E-state index contributed by atoms with van der Waals surface area (Å²) in [5.41, 5.74) is 0.618. The molecule has 7 heteroatoms. The molecule has 0 spiro atoms. The van der Waals surface area contributed by atoms with Gasteiger partial charge in [-0.1, -0.05) is 46.8 Å². The number of amides is 1. The summed E-state index contributed by atoms with van der Waals surface area (Å²) in [5.74, 6) is 1.57. The number of carbonyl (C=O) groups is 3. The number of hydrogen-bond donors (Lipinski definition) is 2. The number of ether oxygens (including phenoxy) is 1. The van der Waals surface area contributed by atoms with Crippen molar-refractivity contribution in [1.29, 1.82) is 0 Å². The van der Waals surface area contributed by atoms with Crippen LogP contribution >= 0.6 is 0 Å². The Hall–Kier alpha value is -1.89. The van der Waals surface area contributed by atoms with Crippen LogP contribution in [0.15, 0.2) is 12.2 Å². The fraction of sp³-hybridized carbons (Fsp3) is 0.886. The molecule has 0 aromatic rings. The Balaban J connectivity index is 1.22. The summed E-state index contributed by atoms with van der Waals surface area (Å²) >= 11 is 0. The molecule has 288 valence electrons. The highest BCUT2D eigenvalue weighted by atomic mass is 16.5. The number of carboxylic acids is 1. The molecule has 0 aromatic heterocycles. The molecule has 2 N–H and O–H groups in total. The predicted octanol–water partition coefficient (Wildman–Crippen LogP) is 9.05. The van der Waals surface area contributed by atoms with Crippen LogP contribution in [0.5, 0.6) is 0 Å². The minimum Gasteiger partial charge on any atom is -0.481 e. The standard InChI is InChI=1S/C44H72N2O5/c1-27(2)30-16-21-44(25-35(47)45-28-12-13-29(24-28)46(10)11)23-22-42(8)31(37(30)44)14-15-33-41(7)19-18-34(51-36(48)26-39(3,4)38(49)50)40(5,6)32(41)17-20-43(33,42)9/h28-34,37H,1,12-26H2,2-11H3,(H,45,47)(H,49,50)/t28-,29-,30-,31+,32-,33+,34-,37+,41?,42+,43+,44?/m0/s1. The maximum absolute atomic E-state index is 13.9. The normalized spacial score (nSPS) is 44.5. The molecule has 6 aliphatic rings. The summed E-state index contributed by atoms with van der Waals surface area (Å²) in [7, 11) is 4.32. The van der Waals surface area contributed by atoms with Crippen LogP contribution in [-0.2, 0) is 19.1 Å². The molecule has 12 atom stereocenters. The van der Waals surface area contributed by atoms with E-state index in [1.807, 2.05) is 0 Å². The quantitative estimate of drug-likeness (QED) is 0.183. The molecule has 0 aliphatic heterocycles. The number of fused-ring (bicyclic) bond motifs is 7. The minimum absolute atomic E-state index is 0.0703. The van der Waals surface area contributed by atoms with E-state index in [0.29, 0.717) is 48.1 Å². The molecule has 0 heterocycles. The van der Waals surface area contributed by atoms with Gasteiger partial charge in [0.05, 0.1) is 11.8 Å². The summed E-state index contributed by atoms with van der Waals surface area (Å²) in [6.45, 7) is 22.5. The van der Waals surface area contributed by atoms with Crippen LogP contribution in [0, 0.1) is 62.1 Å². The maximum atomic E-state index is 13.9. The van der Waals surface area contributed by atoms with Gasteiger partial charge in [-0.2, -0.15) is 0 Å². The Morgan fingerprint density at radius 3 is 2.20 bits per heavy atom. The zero-order valence-corrected chi connectivity index (χ0v) is 34.0. The number of nitrogens with zero attached hydrogens (tertiary/aromatic N) is 1. The highest BCUT2D eigenvalue weighted by molar-refractivity contribution is 5.81. The van der Waals surface area contributed by atoms with Crippen LogP contribution in [0.25, 0.3) is 0 Å². The van der Waals surface area contributed by atoms with Gasteiger partial charge < -0.3 is 20.1 Å². The lowest BCUT2D eigenvalue weighted by Gasteiger charge is -2.73. The van der Waals surface area contributed by atoms with E-state index in [1.54, 1.807) is 13.8 Å². The lowest BCUT2D eigenvalue weighted by molar-refractivity contribution is -0.250. The number of nitrogens with one attached hydrogen (secondary N) is 1. The Morgan fingerprint density at radius 1 is 0.863 bits per heavy atom. The molecule has 6 rings (SSSR count). The Morgan fingerprint density at radius 2 is 1.57 bits per heavy atom. The van der Waals surface area contributed by atoms with Crippen molar-refractivity contribution in [2.24, 2.45) is 62.1 Å². The second kappa shape index (κ2) is 13.1. The van der Waals surface area contributed by atoms with Crippen molar-refractivity contribution < 1.29 is 24.2 Å². The summed E-state index contributed by atoms with van der Waals surface area (Å²) in [6, 6.07) is 0.868. The zero-order valence-electron chi connectivity index (χ0n) is 34.0. The van der Waals surface area contributed by atoms with Crippen molar-refractivity contribution >= 4 is 17.8 Å². The van der Waals surface area contributed by atoms with Crippen LogP contribution in [0.3, 0.4) is 0 Å². The predicted molar refractivity (Wildman–Crippen MR) is 203 cm³/mol. The molecule has 6 fully saturated rings. The first kappa shape index (κ1) is 38.8. The summed E-state index contributed by atoms with van der Waals surface area (Å²) < 4.78 is 6.19. The Labute approximate surface area is 309 Å². The topological polar surface area (TPSA) is 95.9 Å². The number of carbonyl (C=O) groups excluding carboxylic acids is 2. The fourth-order valence-electron chi connectivity index (χ4n) is 14.6. The van der Waals surface area contributed by atoms with Crippen LogP contribution in [0.4, 0.5) is 0 Å². The van der Waals surface area contributed by atoms with E-state index in [1.165, 1.54) is 37.7 Å². The van der Waals surface area contributed by atoms with Gasteiger partial charge in [0.15, 0.2) is 0 Å². The number of rotatable bonds is 9. The number of aliphatic carboxylic acids is 1. The Kier molecular flexibility index (Phi) is 10.0. The first-order chi connectivity index (χ1) is 23.6. The molecule has 0 aromatic carbocycles. The SMILES string of the molecule is C=C(C)[C@@H]1CCC2(CC(=O)N[C@H]3CC[C@H](N(C)C)C3)CC[C@]3(C)[C@H](CC[C@@H]4C5(C)CC[C@H](OC(=O)CC(C)(C)C(=O)O)C(C)(C)[C@@H]5CC[C@]43C)[C@@H]12. The van der Waals surface area contributed by atoms with Gasteiger partial charge in [-0.15, -0.1) is 0 Å². The van der Waals surface area contributed by atoms with E-state index in [2.05, 4.69) is 72.4 Å². The number of esters is 1. The second-order valence-electron chi connectivity index (χ2n) is 21.1. The van der Waals surface area contributed by atoms with Crippen molar-refractivity contribution in [3.8, 4) is 0 Å². The minimum atomic E-state index is -1.14. The van der Waals surface area contributed by atoms with Crippen molar-refractivity contribution in [3.63, 3.8) is 0 Å². The number of carboxylic acid groups (broad SMARTS) is 1. The molecule has 6 aliphatic carbocycles.